The summed E-state index contributed by atoms with van der Waals surface area (Å²) in [6.07, 6.45) is 1.40. The standard InChI is InChI=1S/C20H21ClN4O/c1-3-25(4-2)19-11-9-17(10-12-19)23-14-15(13-22)20(26)24-18-7-5-16(21)6-8-18/h5-12,14,23H,3-4H2,1-2H3,(H,24,26)/b15-14-. The summed E-state index contributed by atoms with van der Waals surface area (Å²) in [6.45, 7) is 6.09. The SMILES string of the molecule is CCN(CC)c1ccc(N/C=C(/C#N)C(=O)Nc2ccc(Cl)cc2)cc1. The summed E-state index contributed by atoms with van der Waals surface area (Å²) < 4.78 is 0. The van der Waals surface area contributed by atoms with Crippen LogP contribution in [-0.2, 0) is 4.79 Å². The molecule has 2 N–H and O–H groups in total. The molecule has 5 nitrogen and oxygen atoms in total. The third-order valence-corrected chi connectivity index (χ3v) is 4.10. The Morgan fingerprint density at radius 2 is 1.65 bits per heavy atom. The Bertz CT molecular complexity index is 803. The number of rotatable bonds is 7. The second-order valence-corrected chi connectivity index (χ2v) is 5.93. The predicted octanol–water partition coefficient (Wildman–Crippen LogP) is 4.64. The summed E-state index contributed by atoms with van der Waals surface area (Å²) in [7, 11) is 0. The molecule has 6 heteroatoms. The number of nitrogens with one attached hydrogen (secondary N) is 2. The smallest absolute Gasteiger partial charge is 0.267 e. The number of anilines is 3. The highest BCUT2D eigenvalue weighted by Gasteiger charge is 2.09. The molecule has 0 aliphatic carbocycles. The normalized spacial score (nSPS) is 10.8. The van der Waals surface area contributed by atoms with Gasteiger partial charge in [-0.1, -0.05) is 11.6 Å². The minimum atomic E-state index is -0.484. The quantitative estimate of drug-likeness (QED) is 0.551. The van der Waals surface area contributed by atoms with Crippen molar-refractivity contribution in [3.8, 4) is 6.07 Å². The van der Waals surface area contributed by atoms with E-state index in [0.717, 1.165) is 24.5 Å². The van der Waals surface area contributed by atoms with Gasteiger partial charge in [-0.15, -0.1) is 0 Å². The molecule has 0 atom stereocenters. The van der Waals surface area contributed by atoms with E-state index in [2.05, 4.69) is 29.4 Å². The van der Waals surface area contributed by atoms with Gasteiger partial charge in [-0.05, 0) is 62.4 Å². The maximum atomic E-state index is 12.2. The lowest BCUT2D eigenvalue weighted by Gasteiger charge is -2.21. The number of nitrogens with zero attached hydrogens (tertiary/aromatic N) is 2. The largest absolute Gasteiger partial charge is 0.372 e. The molecule has 0 unspecified atom stereocenters. The zero-order valence-corrected chi connectivity index (χ0v) is 15.5. The molecule has 1 amide bonds. The van der Waals surface area contributed by atoms with Crippen LogP contribution in [0.4, 0.5) is 17.1 Å². The molecule has 0 radical (unpaired) electrons. The number of nitriles is 1. The van der Waals surface area contributed by atoms with Crippen molar-refractivity contribution in [1.82, 2.24) is 0 Å². The van der Waals surface area contributed by atoms with E-state index in [1.54, 1.807) is 24.3 Å². The van der Waals surface area contributed by atoms with Gasteiger partial charge < -0.3 is 15.5 Å². The van der Waals surface area contributed by atoms with E-state index in [1.165, 1.54) is 6.20 Å². The van der Waals surface area contributed by atoms with Crippen molar-refractivity contribution in [2.75, 3.05) is 28.6 Å². The van der Waals surface area contributed by atoms with Crippen molar-refractivity contribution in [1.29, 1.82) is 5.26 Å². The maximum Gasteiger partial charge on any atom is 0.267 e. The first kappa shape index (κ1) is 19.4. The van der Waals surface area contributed by atoms with Crippen LogP contribution < -0.4 is 15.5 Å². The lowest BCUT2D eigenvalue weighted by molar-refractivity contribution is -0.112. The Labute approximate surface area is 158 Å². The number of hydrogen-bond donors (Lipinski definition) is 2. The van der Waals surface area contributed by atoms with Crippen LogP contribution >= 0.6 is 11.6 Å². The molecule has 0 aromatic heterocycles. The lowest BCUT2D eigenvalue weighted by Crippen LogP contribution is -2.21. The molecule has 0 spiro atoms. The van der Waals surface area contributed by atoms with Crippen LogP contribution in [0.1, 0.15) is 13.8 Å². The van der Waals surface area contributed by atoms with E-state index < -0.39 is 5.91 Å². The van der Waals surface area contributed by atoms with Gasteiger partial charge in [0.1, 0.15) is 11.6 Å². The van der Waals surface area contributed by atoms with Crippen LogP contribution in [0.5, 0.6) is 0 Å². The van der Waals surface area contributed by atoms with Crippen molar-refractivity contribution in [2.24, 2.45) is 0 Å². The van der Waals surface area contributed by atoms with Gasteiger partial charge in [-0.25, -0.2) is 0 Å². The van der Waals surface area contributed by atoms with Crippen LogP contribution in [0.25, 0.3) is 0 Å². The number of amides is 1. The van der Waals surface area contributed by atoms with Gasteiger partial charge >= 0.3 is 0 Å². The minimum absolute atomic E-state index is 0.0206. The number of carbonyl (C=O) groups is 1. The summed E-state index contributed by atoms with van der Waals surface area (Å²) in [5.74, 6) is -0.484. The van der Waals surface area contributed by atoms with Gasteiger partial charge in [0.15, 0.2) is 0 Å². The van der Waals surface area contributed by atoms with Crippen LogP contribution in [0.2, 0.25) is 5.02 Å². The number of benzene rings is 2. The molecule has 26 heavy (non-hydrogen) atoms. The van der Waals surface area contributed by atoms with E-state index in [-0.39, 0.29) is 5.57 Å². The fraction of sp³-hybridized carbons (Fsp3) is 0.200. The van der Waals surface area contributed by atoms with Gasteiger partial charge in [-0.2, -0.15) is 5.26 Å². The zero-order chi connectivity index (χ0) is 18.9. The average Bonchev–Trinajstić information content (AvgIpc) is 2.66. The number of hydrogen-bond acceptors (Lipinski definition) is 4. The molecule has 2 rings (SSSR count). The highest BCUT2D eigenvalue weighted by atomic mass is 35.5. The molecule has 2 aromatic carbocycles. The molecule has 0 heterocycles. The molecular formula is C20H21ClN4O. The molecule has 0 aliphatic rings. The first-order valence-electron chi connectivity index (χ1n) is 8.36. The van der Waals surface area contributed by atoms with E-state index in [0.29, 0.717) is 10.7 Å². The van der Waals surface area contributed by atoms with Gasteiger partial charge in [0.25, 0.3) is 5.91 Å². The summed E-state index contributed by atoms with van der Waals surface area (Å²) in [5, 5.41) is 15.5. The van der Waals surface area contributed by atoms with E-state index in [4.69, 9.17) is 11.6 Å². The number of carbonyl (C=O) groups excluding carboxylic acids is 1. The zero-order valence-electron chi connectivity index (χ0n) is 14.8. The minimum Gasteiger partial charge on any atom is -0.372 e. The van der Waals surface area contributed by atoms with Crippen molar-refractivity contribution >= 4 is 34.6 Å². The Morgan fingerprint density at radius 1 is 1.08 bits per heavy atom. The lowest BCUT2D eigenvalue weighted by atomic mass is 10.2. The molecule has 0 fully saturated rings. The predicted molar refractivity (Wildman–Crippen MR) is 107 cm³/mol. The van der Waals surface area contributed by atoms with E-state index in [9.17, 15) is 10.1 Å². The third kappa shape index (κ3) is 5.27. The van der Waals surface area contributed by atoms with Crippen molar-refractivity contribution in [3.63, 3.8) is 0 Å². The summed E-state index contributed by atoms with van der Waals surface area (Å²) in [4.78, 5) is 14.4. The molecule has 134 valence electrons. The highest BCUT2D eigenvalue weighted by Crippen LogP contribution is 2.18. The second-order valence-electron chi connectivity index (χ2n) is 5.49. The van der Waals surface area contributed by atoms with E-state index in [1.807, 2.05) is 30.3 Å². The van der Waals surface area contributed by atoms with Crippen molar-refractivity contribution < 1.29 is 4.79 Å². The molecule has 0 saturated carbocycles. The summed E-state index contributed by atoms with van der Waals surface area (Å²) in [6, 6.07) is 16.4. The Kier molecular flexibility index (Phi) is 7.07. The Hall–Kier alpha value is -2.97. The molecular weight excluding hydrogens is 348 g/mol. The summed E-state index contributed by atoms with van der Waals surface area (Å²) >= 11 is 5.82. The second kappa shape index (κ2) is 9.50. The summed E-state index contributed by atoms with van der Waals surface area (Å²) in [5.41, 5.74) is 2.48. The topological polar surface area (TPSA) is 68.2 Å². The highest BCUT2D eigenvalue weighted by molar-refractivity contribution is 6.30. The maximum absolute atomic E-state index is 12.2. The fourth-order valence-corrected chi connectivity index (χ4v) is 2.52. The van der Waals surface area contributed by atoms with Crippen LogP contribution in [0.15, 0.2) is 60.3 Å². The Morgan fingerprint density at radius 3 is 2.19 bits per heavy atom. The van der Waals surface area contributed by atoms with Crippen molar-refractivity contribution in [3.05, 3.63) is 65.3 Å². The van der Waals surface area contributed by atoms with Crippen molar-refractivity contribution in [2.45, 2.75) is 13.8 Å². The van der Waals surface area contributed by atoms with Gasteiger partial charge in [0.2, 0.25) is 0 Å². The molecule has 0 saturated heterocycles. The van der Waals surface area contributed by atoms with Gasteiger partial charge in [0.05, 0.1) is 0 Å². The molecule has 0 aliphatic heterocycles. The molecule has 0 bridgehead atoms. The Balaban J connectivity index is 2.03. The first-order chi connectivity index (χ1) is 12.6. The third-order valence-electron chi connectivity index (χ3n) is 3.85. The van der Waals surface area contributed by atoms with Gasteiger partial charge in [0, 0.05) is 41.4 Å². The van der Waals surface area contributed by atoms with Gasteiger partial charge in [-0.3, -0.25) is 4.79 Å². The fourth-order valence-electron chi connectivity index (χ4n) is 2.39. The van der Waals surface area contributed by atoms with Crippen LogP contribution in [-0.4, -0.2) is 19.0 Å². The number of halogens is 1. The molecule has 2 aromatic rings. The average molecular weight is 369 g/mol. The monoisotopic (exact) mass is 368 g/mol. The van der Waals surface area contributed by atoms with Crippen LogP contribution in [0.3, 0.4) is 0 Å². The van der Waals surface area contributed by atoms with E-state index >= 15 is 0 Å². The first-order valence-corrected chi connectivity index (χ1v) is 8.74. The van der Waals surface area contributed by atoms with Crippen LogP contribution in [0, 0.1) is 11.3 Å².